The molecule has 98 valence electrons. The molecule has 1 aromatic rings. The molecule has 0 unspecified atom stereocenters. The van der Waals surface area contributed by atoms with Crippen molar-refractivity contribution < 1.29 is 27.5 Å². The van der Waals surface area contributed by atoms with Crippen molar-refractivity contribution in [3.05, 3.63) is 35.4 Å². The van der Waals surface area contributed by atoms with Crippen LogP contribution in [0.1, 0.15) is 27.6 Å². The average Bonchev–Trinajstić information content (AvgIpc) is 2.27. The van der Waals surface area contributed by atoms with E-state index in [0.29, 0.717) is 0 Å². The molecular weight excluding hydrogens is 251 g/mol. The fraction of sp³-hybridized carbons (Fsp3) is 0.273. The molecule has 0 aliphatic carbocycles. The van der Waals surface area contributed by atoms with Crippen LogP contribution in [-0.4, -0.2) is 24.2 Å². The van der Waals surface area contributed by atoms with Gasteiger partial charge in [0.1, 0.15) is 0 Å². The molecule has 2 N–H and O–H groups in total. The largest absolute Gasteiger partial charge is 0.449 e. The van der Waals surface area contributed by atoms with E-state index in [-0.39, 0.29) is 11.1 Å². The number of nitrogens with two attached hydrogens (primary N) is 1. The summed E-state index contributed by atoms with van der Waals surface area (Å²) in [6.45, 7) is 0.732. The lowest BCUT2D eigenvalue weighted by Crippen LogP contribution is -2.30. The molecule has 0 spiro atoms. The lowest BCUT2D eigenvalue weighted by Gasteiger charge is -2.16. The number of hydrogen-bond donors (Lipinski definition) is 1. The Morgan fingerprint density at radius 1 is 1.17 bits per heavy atom. The van der Waals surface area contributed by atoms with Gasteiger partial charge < -0.3 is 10.5 Å². The first kappa shape index (κ1) is 14.0. The van der Waals surface area contributed by atoms with E-state index in [4.69, 9.17) is 5.73 Å². The minimum atomic E-state index is -4.61. The summed E-state index contributed by atoms with van der Waals surface area (Å²) in [5.74, 6) is -1.81. The van der Waals surface area contributed by atoms with E-state index in [9.17, 15) is 22.8 Å². The summed E-state index contributed by atoms with van der Waals surface area (Å²) >= 11 is 0. The second-order valence-electron chi connectivity index (χ2n) is 3.53. The molecule has 4 nitrogen and oxygen atoms in total. The second kappa shape index (κ2) is 5.07. The SMILES string of the molecule is C[C@@H](OC(=O)c1ccc(C(N)=O)cc1)C(F)(F)F. The van der Waals surface area contributed by atoms with Crippen LogP contribution in [0.4, 0.5) is 13.2 Å². The third-order valence-electron chi connectivity index (χ3n) is 2.15. The summed E-state index contributed by atoms with van der Waals surface area (Å²) in [6.07, 6.45) is -6.80. The number of rotatable bonds is 3. The van der Waals surface area contributed by atoms with Gasteiger partial charge in [0.25, 0.3) is 0 Å². The Bertz CT molecular complexity index is 454. The zero-order chi connectivity index (χ0) is 13.9. The van der Waals surface area contributed by atoms with Crippen LogP contribution in [0.2, 0.25) is 0 Å². The van der Waals surface area contributed by atoms with E-state index in [1.165, 1.54) is 24.3 Å². The van der Waals surface area contributed by atoms with Crippen LogP contribution in [-0.2, 0) is 4.74 Å². The van der Waals surface area contributed by atoms with Crippen LogP contribution in [0.15, 0.2) is 24.3 Å². The quantitative estimate of drug-likeness (QED) is 0.845. The van der Waals surface area contributed by atoms with Crippen molar-refractivity contribution in [2.45, 2.75) is 19.2 Å². The number of benzene rings is 1. The zero-order valence-corrected chi connectivity index (χ0v) is 9.32. The molecule has 0 radical (unpaired) electrons. The number of amides is 1. The van der Waals surface area contributed by atoms with Crippen molar-refractivity contribution in [3.63, 3.8) is 0 Å². The Morgan fingerprint density at radius 3 is 2.00 bits per heavy atom. The Kier molecular flexibility index (Phi) is 3.95. The predicted molar refractivity (Wildman–Crippen MR) is 55.9 cm³/mol. The molecule has 0 saturated carbocycles. The highest BCUT2D eigenvalue weighted by atomic mass is 19.4. The number of alkyl halides is 3. The summed E-state index contributed by atoms with van der Waals surface area (Å²) in [6, 6.07) is 4.81. The van der Waals surface area contributed by atoms with Gasteiger partial charge in [-0.1, -0.05) is 0 Å². The summed E-state index contributed by atoms with van der Waals surface area (Å²) < 4.78 is 40.7. The summed E-state index contributed by atoms with van der Waals surface area (Å²) in [7, 11) is 0. The molecule has 0 aliphatic heterocycles. The minimum Gasteiger partial charge on any atom is -0.449 e. The van der Waals surface area contributed by atoms with Gasteiger partial charge in [-0.2, -0.15) is 13.2 Å². The molecule has 0 fully saturated rings. The molecule has 0 heterocycles. The highest BCUT2D eigenvalue weighted by Gasteiger charge is 2.39. The Hall–Kier alpha value is -2.05. The normalized spacial score (nSPS) is 12.9. The minimum absolute atomic E-state index is 0.0869. The van der Waals surface area contributed by atoms with Crippen molar-refractivity contribution in [3.8, 4) is 0 Å². The maximum atomic E-state index is 12.2. The van der Waals surface area contributed by atoms with Gasteiger partial charge in [0.2, 0.25) is 5.91 Å². The van der Waals surface area contributed by atoms with Crippen molar-refractivity contribution in [1.82, 2.24) is 0 Å². The van der Waals surface area contributed by atoms with Crippen LogP contribution in [0, 0.1) is 0 Å². The third-order valence-corrected chi connectivity index (χ3v) is 2.15. The number of hydrogen-bond acceptors (Lipinski definition) is 3. The van der Waals surface area contributed by atoms with Gasteiger partial charge in [-0.05, 0) is 31.2 Å². The first-order valence-electron chi connectivity index (χ1n) is 4.89. The van der Waals surface area contributed by atoms with Gasteiger partial charge in [0, 0.05) is 5.56 Å². The second-order valence-corrected chi connectivity index (χ2v) is 3.53. The van der Waals surface area contributed by atoms with E-state index < -0.39 is 24.2 Å². The molecule has 1 atom stereocenters. The van der Waals surface area contributed by atoms with Gasteiger partial charge in [0.05, 0.1) is 5.56 Å². The number of esters is 1. The van der Waals surface area contributed by atoms with Crippen LogP contribution in [0.3, 0.4) is 0 Å². The number of primary amides is 1. The van der Waals surface area contributed by atoms with Crippen molar-refractivity contribution in [2.24, 2.45) is 5.73 Å². The van der Waals surface area contributed by atoms with E-state index in [1.54, 1.807) is 0 Å². The first-order valence-corrected chi connectivity index (χ1v) is 4.89. The van der Waals surface area contributed by atoms with E-state index in [2.05, 4.69) is 4.74 Å². The van der Waals surface area contributed by atoms with Crippen LogP contribution in [0.5, 0.6) is 0 Å². The standard InChI is InChI=1S/C11H10F3NO3/c1-6(11(12,13)14)18-10(17)8-4-2-7(3-5-8)9(15)16/h2-6H,1H3,(H2,15,16)/t6-/m1/s1. The van der Waals surface area contributed by atoms with Gasteiger partial charge in [-0.3, -0.25) is 4.79 Å². The third kappa shape index (κ3) is 3.47. The molecule has 0 saturated heterocycles. The molecule has 18 heavy (non-hydrogen) atoms. The molecule has 0 aliphatic rings. The molecular formula is C11H10F3NO3. The number of halogens is 3. The highest BCUT2D eigenvalue weighted by molar-refractivity contribution is 5.95. The molecule has 0 aromatic heterocycles. The molecule has 1 aromatic carbocycles. The molecule has 7 heteroatoms. The van der Waals surface area contributed by atoms with E-state index >= 15 is 0 Å². The fourth-order valence-corrected chi connectivity index (χ4v) is 1.07. The van der Waals surface area contributed by atoms with Crippen molar-refractivity contribution >= 4 is 11.9 Å². The number of ether oxygens (including phenoxy) is 1. The first-order chi connectivity index (χ1) is 8.21. The number of carbonyl (C=O) groups is 2. The lowest BCUT2D eigenvalue weighted by molar-refractivity contribution is -0.198. The Balaban J connectivity index is 2.76. The summed E-state index contributed by atoms with van der Waals surface area (Å²) in [4.78, 5) is 22.1. The molecule has 0 bridgehead atoms. The van der Waals surface area contributed by atoms with Crippen LogP contribution >= 0.6 is 0 Å². The Labute approximate surface area is 101 Å². The average molecular weight is 261 g/mol. The molecule has 1 amide bonds. The van der Waals surface area contributed by atoms with Crippen molar-refractivity contribution in [2.75, 3.05) is 0 Å². The highest BCUT2D eigenvalue weighted by Crippen LogP contribution is 2.23. The topological polar surface area (TPSA) is 69.4 Å². The van der Waals surface area contributed by atoms with Gasteiger partial charge in [-0.25, -0.2) is 4.79 Å². The van der Waals surface area contributed by atoms with E-state index in [0.717, 1.165) is 6.92 Å². The van der Waals surface area contributed by atoms with Crippen LogP contribution in [0.25, 0.3) is 0 Å². The van der Waals surface area contributed by atoms with Crippen molar-refractivity contribution in [1.29, 1.82) is 0 Å². The maximum Gasteiger partial charge on any atom is 0.425 e. The maximum absolute atomic E-state index is 12.2. The summed E-state index contributed by atoms with van der Waals surface area (Å²) in [5.41, 5.74) is 5.04. The van der Waals surface area contributed by atoms with E-state index in [1.807, 2.05) is 0 Å². The fourth-order valence-electron chi connectivity index (χ4n) is 1.07. The van der Waals surface area contributed by atoms with Gasteiger partial charge in [-0.15, -0.1) is 0 Å². The lowest BCUT2D eigenvalue weighted by atomic mass is 10.1. The summed E-state index contributed by atoms with van der Waals surface area (Å²) in [5, 5.41) is 0. The monoisotopic (exact) mass is 261 g/mol. The predicted octanol–water partition coefficient (Wildman–Crippen LogP) is 1.89. The Morgan fingerprint density at radius 2 is 1.61 bits per heavy atom. The van der Waals surface area contributed by atoms with Crippen LogP contribution < -0.4 is 5.73 Å². The van der Waals surface area contributed by atoms with Gasteiger partial charge in [0.15, 0.2) is 6.10 Å². The molecule has 1 rings (SSSR count). The van der Waals surface area contributed by atoms with Gasteiger partial charge >= 0.3 is 12.1 Å². The number of carbonyl (C=O) groups excluding carboxylic acids is 2. The zero-order valence-electron chi connectivity index (χ0n) is 9.32. The smallest absolute Gasteiger partial charge is 0.425 e.